The van der Waals surface area contributed by atoms with Crippen LogP contribution in [0.15, 0.2) is 22.7 Å². The van der Waals surface area contributed by atoms with Crippen molar-refractivity contribution in [1.82, 2.24) is 0 Å². The summed E-state index contributed by atoms with van der Waals surface area (Å²) in [6.45, 7) is 0. The van der Waals surface area contributed by atoms with Gasteiger partial charge in [-0.3, -0.25) is 4.79 Å². The van der Waals surface area contributed by atoms with E-state index in [1.807, 2.05) is 18.2 Å². The van der Waals surface area contributed by atoms with Crippen LogP contribution in [0.1, 0.15) is 11.6 Å². The van der Waals surface area contributed by atoms with Crippen molar-refractivity contribution in [3.05, 3.63) is 28.2 Å². The molecule has 1 aliphatic heterocycles. The number of nitrogens with one attached hydrogen (secondary N) is 1. The van der Waals surface area contributed by atoms with E-state index < -0.39 is 6.04 Å². The highest BCUT2D eigenvalue weighted by Crippen LogP contribution is 2.31. The number of anilines is 1. The normalized spacial score (nSPS) is 20.5. The first-order valence-corrected chi connectivity index (χ1v) is 4.33. The monoisotopic (exact) mass is 226 g/mol. The van der Waals surface area contributed by atoms with Crippen molar-refractivity contribution in [2.24, 2.45) is 5.73 Å². The third-order valence-electron chi connectivity index (χ3n) is 1.89. The van der Waals surface area contributed by atoms with Crippen LogP contribution in [-0.4, -0.2) is 5.91 Å². The molecular weight excluding hydrogens is 220 g/mol. The van der Waals surface area contributed by atoms with E-state index in [0.717, 1.165) is 15.7 Å². The van der Waals surface area contributed by atoms with Gasteiger partial charge in [0.25, 0.3) is 0 Å². The van der Waals surface area contributed by atoms with E-state index in [4.69, 9.17) is 5.73 Å². The number of benzene rings is 1. The number of rotatable bonds is 0. The second-order valence-corrected chi connectivity index (χ2v) is 3.61. The first-order valence-electron chi connectivity index (χ1n) is 3.54. The number of halogens is 1. The lowest BCUT2D eigenvalue weighted by Gasteiger charge is -2.00. The Balaban J connectivity index is 2.55. The molecule has 1 aliphatic rings. The SMILES string of the molecule is N[C@H]1C(=O)Nc2ccc(Br)cc21. The molecule has 1 atom stereocenters. The van der Waals surface area contributed by atoms with Gasteiger partial charge in [0.1, 0.15) is 6.04 Å². The third-order valence-corrected chi connectivity index (χ3v) is 2.38. The lowest BCUT2D eigenvalue weighted by Crippen LogP contribution is -2.19. The predicted octanol–water partition coefficient (Wildman–Crippen LogP) is 1.40. The average molecular weight is 227 g/mol. The molecule has 0 saturated heterocycles. The van der Waals surface area contributed by atoms with E-state index in [9.17, 15) is 4.79 Å². The molecule has 2 rings (SSSR count). The lowest BCUT2D eigenvalue weighted by molar-refractivity contribution is -0.116. The minimum Gasteiger partial charge on any atom is -0.324 e. The average Bonchev–Trinajstić information content (AvgIpc) is 2.31. The molecule has 0 aliphatic carbocycles. The van der Waals surface area contributed by atoms with Gasteiger partial charge < -0.3 is 11.1 Å². The first-order chi connectivity index (χ1) is 5.68. The maximum absolute atomic E-state index is 11.1. The summed E-state index contributed by atoms with van der Waals surface area (Å²) in [5.74, 6) is -0.136. The molecule has 0 bridgehead atoms. The number of hydrogen-bond acceptors (Lipinski definition) is 2. The number of hydrogen-bond donors (Lipinski definition) is 2. The van der Waals surface area contributed by atoms with Gasteiger partial charge in [0, 0.05) is 15.7 Å². The number of carbonyl (C=O) groups excluding carboxylic acids is 1. The molecule has 0 unspecified atom stereocenters. The van der Waals surface area contributed by atoms with Crippen LogP contribution >= 0.6 is 15.9 Å². The molecule has 0 aromatic heterocycles. The number of nitrogens with two attached hydrogens (primary N) is 1. The molecule has 3 N–H and O–H groups in total. The van der Waals surface area contributed by atoms with Gasteiger partial charge in [-0.05, 0) is 18.2 Å². The largest absolute Gasteiger partial charge is 0.324 e. The van der Waals surface area contributed by atoms with Crippen LogP contribution in [-0.2, 0) is 4.79 Å². The first kappa shape index (κ1) is 7.76. The Kier molecular flexibility index (Phi) is 1.66. The predicted molar refractivity (Wildman–Crippen MR) is 49.7 cm³/mol. The summed E-state index contributed by atoms with van der Waals surface area (Å²) in [5.41, 5.74) is 7.30. The number of fused-ring (bicyclic) bond motifs is 1. The maximum Gasteiger partial charge on any atom is 0.245 e. The summed E-state index contributed by atoms with van der Waals surface area (Å²) in [7, 11) is 0. The van der Waals surface area contributed by atoms with Crippen molar-refractivity contribution < 1.29 is 4.79 Å². The Hall–Kier alpha value is -0.870. The molecule has 4 heteroatoms. The fourth-order valence-electron chi connectivity index (χ4n) is 1.26. The van der Waals surface area contributed by atoms with Crippen LogP contribution in [0.2, 0.25) is 0 Å². The van der Waals surface area contributed by atoms with Gasteiger partial charge >= 0.3 is 0 Å². The molecule has 0 radical (unpaired) electrons. The van der Waals surface area contributed by atoms with Crippen molar-refractivity contribution in [2.45, 2.75) is 6.04 Å². The van der Waals surface area contributed by atoms with Crippen molar-refractivity contribution in [3.8, 4) is 0 Å². The second kappa shape index (κ2) is 2.57. The summed E-state index contributed by atoms with van der Waals surface area (Å²) < 4.78 is 0.938. The minimum atomic E-state index is -0.516. The van der Waals surface area contributed by atoms with E-state index in [1.165, 1.54) is 0 Å². The quantitative estimate of drug-likeness (QED) is 0.703. The van der Waals surface area contributed by atoms with E-state index in [1.54, 1.807) is 0 Å². The van der Waals surface area contributed by atoms with Crippen molar-refractivity contribution in [3.63, 3.8) is 0 Å². The highest BCUT2D eigenvalue weighted by molar-refractivity contribution is 9.10. The van der Waals surface area contributed by atoms with Crippen molar-refractivity contribution in [2.75, 3.05) is 5.32 Å². The molecule has 0 fully saturated rings. The summed E-state index contributed by atoms with van der Waals surface area (Å²) in [5, 5.41) is 2.69. The van der Waals surface area contributed by atoms with Gasteiger partial charge in [-0.2, -0.15) is 0 Å². The fraction of sp³-hybridized carbons (Fsp3) is 0.125. The summed E-state index contributed by atoms with van der Waals surface area (Å²) >= 11 is 3.32. The van der Waals surface area contributed by atoms with E-state index in [-0.39, 0.29) is 5.91 Å². The van der Waals surface area contributed by atoms with Crippen LogP contribution < -0.4 is 11.1 Å². The highest BCUT2D eigenvalue weighted by Gasteiger charge is 2.26. The molecule has 1 aromatic carbocycles. The Morgan fingerprint density at radius 2 is 2.25 bits per heavy atom. The van der Waals surface area contributed by atoms with Gasteiger partial charge in [-0.25, -0.2) is 0 Å². The summed E-state index contributed by atoms with van der Waals surface area (Å²) in [6.07, 6.45) is 0. The Bertz CT molecular complexity index is 351. The molecule has 0 saturated carbocycles. The minimum absolute atomic E-state index is 0.136. The van der Waals surface area contributed by atoms with Crippen LogP contribution in [0.3, 0.4) is 0 Å². The second-order valence-electron chi connectivity index (χ2n) is 2.70. The van der Waals surface area contributed by atoms with Crippen LogP contribution in [0, 0.1) is 0 Å². The standard InChI is InChI=1S/C8H7BrN2O/c9-4-1-2-6-5(3-4)7(10)8(12)11-6/h1-3,7H,10H2,(H,11,12)/t7-/m1/s1. The zero-order valence-corrected chi connectivity index (χ0v) is 7.76. The third kappa shape index (κ3) is 1.04. The van der Waals surface area contributed by atoms with Crippen LogP contribution in [0.4, 0.5) is 5.69 Å². The number of amides is 1. The summed E-state index contributed by atoms with van der Waals surface area (Å²) in [6, 6.07) is 5.05. The van der Waals surface area contributed by atoms with Gasteiger partial charge in [0.05, 0.1) is 0 Å². The van der Waals surface area contributed by atoms with Gasteiger partial charge in [-0.1, -0.05) is 15.9 Å². The molecular formula is C8H7BrN2O. The Morgan fingerprint density at radius 3 is 3.00 bits per heavy atom. The van der Waals surface area contributed by atoms with E-state index in [2.05, 4.69) is 21.2 Å². The summed E-state index contributed by atoms with van der Waals surface area (Å²) in [4.78, 5) is 11.1. The molecule has 3 nitrogen and oxygen atoms in total. The van der Waals surface area contributed by atoms with Crippen LogP contribution in [0.5, 0.6) is 0 Å². The zero-order chi connectivity index (χ0) is 8.72. The van der Waals surface area contributed by atoms with Crippen LogP contribution in [0.25, 0.3) is 0 Å². The Morgan fingerprint density at radius 1 is 1.50 bits per heavy atom. The van der Waals surface area contributed by atoms with Gasteiger partial charge in [0.2, 0.25) is 5.91 Å². The lowest BCUT2D eigenvalue weighted by atomic mass is 10.1. The van der Waals surface area contributed by atoms with Gasteiger partial charge in [0.15, 0.2) is 0 Å². The number of carbonyl (C=O) groups is 1. The maximum atomic E-state index is 11.1. The van der Waals surface area contributed by atoms with Gasteiger partial charge in [-0.15, -0.1) is 0 Å². The smallest absolute Gasteiger partial charge is 0.245 e. The van der Waals surface area contributed by atoms with E-state index >= 15 is 0 Å². The van der Waals surface area contributed by atoms with Crippen molar-refractivity contribution >= 4 is 27.5 Å². The van der Waals surface area contributed by atoms with E-state index in [0.29, 0.717) is 0 Å². The topological polar surface area (TPSA) is 55.1 Å². The molecule has 1 amide bonds. The highest BCUT2D eigenvalue weighted by atomic mass is 79.9. The molecule has 62 valence electrons. The molecule has 0 spiro atoms. The van der Waals surface area contributed by atoms with Crippen molar-refractivity contribution in [1.29, 1.82) is 0 Å². The molecule has 12 heavy (non-hydrogen) atoms. The molecule has 1 aromatic rings. The fourth-order valence-corrected chi connectivity index (χ4v) is 1.64. The zero-order valence-electron chi connectivity index (χ0n) is 6.17. The molecule has 1 heterocycles. The Labute approximate surface area is 78.1 Å².